The van der Waals surface area contributed by atoms with Crippen LogP contribution in [0, 0.1) is 0 Å². The Kier molecular flexibility index (Phi) is 4.71. The highest BCUT2D eigenvalue weighted by atomic mass is 32.2. The van der Waals surface area contributed by atoms with Crippen LogP contribution in [0.4, 0.5) is 0 Å². The second-order valence-corrected chi connectivity index (χ2v) is 6.43. The van der Waals surface area contributed by atoms with E-state index >= 15 is 0 Å². The first-order chi connectivity index (χ1) is 9.49. The molecular weight excluding hydrogens is 282 g/mol. The Balaban J connectivity index is 1.89. The topological polar surface area (TPSA) is 108 Å². The molecule has 1 aliphatic rings. The molecule has 2 unspecified atom stereocenters. The normalized spacial score (nSPS) is 23.4. The first-order valence-electron chi connectivity index (χ1n) is 6.23. The number of sulfonamides is 1. The van der Waals surface area contributed by atoms with Crippen LogP contribution in [-0.2, 0) is 21.2 Å². The molecule has 8 heteroatoms. The molecule has 0 aromatic heterocycles. The fourth-order valence-corrected chi connectivity index (χ4v) is 3.18. The minimum atomic E-state index is -3.76. The maximum atomic E-state index is 12.0. The molecule has 0 saturated carbocycles. The third kappa shape index (κ3) is 3.76. The number of hydrogen-bond acceptors (Lipinski definition) is 5. The SMILES string of the molecule is O=C1NC(O)NCC1S(=O)(=O)NCCc1ccccc1. The molecule has 0 spiro atoms. The molecular formula is C12H17N3O4S. The highest BCUT2D eigenvalue weighted by Gasteiger charge is 2.36. The quantitative estimate of drug-likeness (QED) is 0.530. The standard InChI is InChI=1S/C12H17N3O4S/c16-11-10(8-13-12(17)15-11)20(18,19)14-7-6-9-4-2-1-3-5-9/h1-5,10,12-14,17H,6-8H2,(H,15,16). The summed E-state index contributed by atoms with van der Waals surface area (Å²) in [5, 5.41) is 12.5. The van der Waals surface area contributed by atoms with Gasteiger partial charge in [0, 0.05) is 13.1 Å². The number of carbonyl (C=O) groups excluding carboxylic acids is 1. The zero-order valence-corrected chi connectivity index (χ0v) is 11.6. The summed E-state index contributed by atoms with van der Waals surface area (Å²) in [6.45, 7) is 0.104. The van der Waals surface area contributed by atoms with Crippen molar-refractivity contribution in [2.24, 2.45) is 0 Å². The molecule has 1 aromatic rings. The maximum absolute atomic E-state index is 12.0. The van der Waals surface area contributed by atoms with Crippen molar-refractivity contribution >= 4 is 15.9 Å². The van der Waals surface area contributed by atoms with Gasteiger partial charge in [0.2, 0.25) is 15.9 Å². The number of amides is 1. The summed E-state index contributed by atoms with van der Waals surface area (Å²) in [4.78, 5) is 11.6. The zero-order chi connectivity index (χ0) is 14.6. The average molecular weight is 299 g/mol. The van der Waals surface area contributed by atoms with Crippen LogP contribution in [0.3, 0.4) is 0 Å². The van der Waals surface area contributed by atoms with Crippen molar-refractivity contribution in [2.45, 2.75) is 18.0 Å². The van der Waals surface area contributed by atoms with Gasteiger partial charge in [0.1, 0.15) is 0 Å². The molecule has 110 valence electrons. The van der Waals surface area contributed by atoms with Gasteiger partial charge in [-0.25, -0.2) is 13.1 Å². The van der Waals surface area contributed by atoms with Crippen molar-refractivity contribution in [1.82, 2.24) is 15.4 Å². The smallest absolute Gasteiger partial charge is 0.244 e. The molecule has 0 radical (unpaired) electrons. The van der Waals surface area contributed by atoms with Crippen molar-refractivity contribution in [2.75, 3.05) is 13.1 Å². The lowest BCUT2D eigenvalue weighted by atomic mass is 10.2. The van der Waals surface area contributed by atoms with Crippen LogP contribution < -0.4 is 15.4 Å². The van der Waals surface area contributed by atoms with Gasteiger partial charge in [0.15, 0.2) is 11.6 Å². The monoisotopic (exact) mass is 299 g/mol. The molecule has 4 N–H and O–H groups in total. The lowest BCUT2D eigenvalue weighted by molar-refractivity contribution is -0.126. The third-order valence-electron chi connectivity index (χ3n) is 3.00. The number of benzene rings is 1. The van der Waals surface area contributed by atoms with Crippen LogP contribution in [0.15, 0.2) is 30.3 Å². The molecule has 1 aliphatic heterocycles. The van der Waals surface area contributed by atoms with Gasteiger partial charge < -0.3 is 10.4 Å². The molecule has 1 amide bonds. The number of aliphatic hydroxyl groups is 1. The Bertz CT molecular complexity index is 561. The zero-order valence-electron chi connectivity index (χ0n) is 10.7. The van der Waals surface area contributed by atoms with E-state index in [1.165, 1.54) is 0 Å². The van der Waals surface area contributed by atoms with Gasteiger partial charge in [0.05, 0.1) is 0 Å². The minimum absolute atomic E-state index is 0.117. The van der Waals surface area contributed by atoms with Crippen molar-refractivity contribution in [3.63, 3.8) is 0 Å². The number of carbonyl (C=O) groups is 1. The Morgan fingerprint density at radius 1 is 1.30 bits per heavy atom. The van der Waals surface area contributed by atoms with Crippen LogP contribution in [0.25, 0.3) is 0 Å². The summed E-state index contributed by atoms with van der Waals surface area (Å²) in [7, 11) is -3.76. The van der Waals surface area contributed by atoms with Gasteiger partial charge in [-0.3, -0.25) is 10.1 Å². The predicted octanol–water partition coefficient (Wildman–Crippen LogP) is -1.49. The number of hydrogen-bond donors (Lipinski definition) is 4. The second-order valence-electron chi connectivity index (χ2n) is 4.48. The van der Waals surface area contributed by atoms with Gasteiger partial charge in [-0.15, -0.1) is 0 Å². The molecule has 1 aromatic carbocycles. The van der Waals surface area contributed by atoms with Gasteiger partial charge in [-0.2, -0.15) is 0 Å². The van der Waals surface area contributed by atoms with E-state index in [1.807, 2.05) is 30.3 Å². The molecule has 0 aliphatic carbocycles. The van der Waals surface area contributed by atoms with Crippen molar-refractivity contribution in [3.05, 3.63) is 35.9 Å². The molecule has 1 fully saturated rings. The fourth-order valence-electron chi connectivity index (χ4n) is 1.92. The van der Waals surface area contributed by atoms with Crippen molar-refractivity contribution in [3.8, 4) is 0 Å². The lowest BCUT2D eigenvalue weighted by Gasteiger charge is -2.26. The minimum Gasteiger partial charge on any atom is -0.361 e. The molecule has 1 saturated heterocycles. The predicted molar refractivity (Wildman–Crippen MR) is 73.0 cm³/mol. The van der Waals surface area contributed by atoms with Gasteiger partial charge in [0.25, 0.3) is 0 Å². The third-order valence-corrected chi connectivity index (χ3v) is 4.74. The highest BCUT2D eigenvalue weighted by Crippen LogP contribution is 2.04. The van der Waals surface area contributed by atoms with E-state index in [9.17, 15) is 13.2 Å². The van der Waals surface area contributed by atoms with Gasteiger partial charge >= 0.3 is 0 Å². The molecule has 0 bridgehead atoms. The van der Waals surface area contributed by atoms with E-state index in [0.717, 1.165) is 5.56 Å². The Morgan fingerprint density at radius 2 is 2.00 bits per heavy atom. The van der Waals surface area contributed by atoms with Crippen molar-refractivity contribution in [1.29, 1.82) is 0 Å². The average Bonchev–Trinajstić information content (AvgIpc) is 2.39. The highest BCUT2D eigenvalue weighted by molar-refractivity contribution is 7.90. The summed E-state index contributed by atoms with van der Waals surface area (Å²) < 4.78 is 26.4. The number of nitrogens with one attached hydrogen (secondary N) is 3. The maximum Gasteiger partial charge on any atom is 0.244 e. The first kappa shape index (κ1) is 14.9. The van der Waals surface area contributed by atoms with E-state index in [-0.39, 0.29) is 13.1 Å². The van der Waals surface area contributed by atoms with E-state index in [4.69, 9.17) is 5.11 Å². The Morgan fingerprint density at radius 3 is 2.65 bits per heavy atom. The van der Waals surface area contributed by atoms with E-state index in [1.54, 1.807) is 0 Å². The summed E-state index contributed by atoms with van der Waals surface area (Å²) >= 11 is 0. The van der Waals surface area contributed by atoms with E-state index in [0.29, 0.717) is 6.42 Å². The molecule has 2 atom stereocenters. The summed E-state index contributed by atoms with van der Waals surface area (Å²) in [5.74, 6) is -0.705. The number of rotatable bonds is 5. The van der Waals surface area contributed by atoms with Crippen LogP contribution in [0.5, 0.6) is 0 Å². The first-order valence-corrected chi connectivity index (χ1v) is 7.78. The van der Waals surface area contributed by atoms with Gasteiger partial charge in [-0.1, -0.05) is 30.3 Å². The number of aliphatic hydroxyl groups excluding tert-OH is 1. The van der Waals surface area contributed by atoms with Gasteiger partial charge in [-0.05, 0) is 12.0 Å². The molecule has 1 heterocycles. The van der Waals surface area contributed by atoms with Crippen LogP contribution in [0.1, 0.15) is 5.56 Å². The Hall–Kier alpha value is -1.48. The summed E-state index contributed by atoms with van der Waals surface area (Å²) in [6, 6.07) is 9.45. The molecule has 20 heavy (non-hydrogen) atoms. The Labute approximate surface area is 117 Å². The second kappa shape index (κ2) is 6.31. The largest absolute Gasteiger partial charge is 0.361 e. The molecule has 7 nitrogen and oxygen atoms in total. The van der Waals surface area contributed by atoms with Crippen molar-refractivity contribution < 1.29 is 18.3 Å². The van der Waals surface area contributed by atoms with Crippen LogP contribution in [0.2, 0.25) is 0 Å². The molecule has 2 rings (SSSR count). The van der Waals surface area contributed by atoms with E-state index in [2.05, 4.69) is 15.4 Å². The fraction of sp³-hybridized carbons (Fsp3) is 0.417. The van der Waals surface area contributed by atoms with E-state index < -0.39 is 27.5 Å². The summed E-state index contributed by atoms with van der Waals surface area (Å²) in [6.07, 6.45) is -0.650. The van der Waals surface area contributed by atoms with Crippen LogP contribution in [-0.4, -0.2) is 44.1 Å². The lowest BCUT2D eigenvalue weighted by Crippen LogP contribution is -2.62. The summed E-state index contributed by atoms with van der Waals surface area (Å²) in [5.41, 5.74) is 1.01. The van der Waals surface area contributed by atoms with Crippen LogP contribution >= 0.6 is 0 Å².